The van der Waals surface area contributed by atoms with Crippen molar-refractivity contribution in [3.05, 3.63) is 0 Å². The third-order valence-electron chi connectivity index (χ3n) is 1.63. The van der Waals surface area contributed by atoms with E-state index in [4.69, 9.17) is 0 Å². The molecule has 0 saturated heterocycles. The molecule has 0 saturated carbocycles. The molecule has 0 aliphatic heterocycles. The Labute approximate surface area is 75.9 Å². The summed E-state index contributed by atoms with van der Waals surface area (Å²) in [6.07, 6.45) is 0. The van der Waals surface area contributed by atoms with Gasteiger partial charge in [0.2, 0.25) is 5.91 Å². The van der Waals surface area contributed by atoms with Gasteiger partial charge in [-0.2, -0.15) is 0 Å². The van der Waals surface area contributed by atoms with E-state index in [2.05, 4.69) is 13.8 Å². The molecule has 1 amide bonds. The van der Waals surface area contributed by atoms with E-state index in [0.29, 0.717) is 5.92 Å². The summed E-state index contributed by atoms with van der Waals surface area (Å²) < 4.78 is 0. The molecular formula is C10H21NO. The average molecular weight is 171 g/mol. The van der Waals surface area contributed by atoms with E-state index in [1.165, 1.54) is 0 Å². The number of amides is 1. The van der Waals surface area contributed by atoms with Crippen molar-refractivity contribution in [3.63, 3.8) is 0 Å². The lowest BCUT2D eigenvalue weighted by Gasteiger charge is -2.27. The smallest absolute Gasteiger partial charge is 0.227 e. The van der Waals surface area contributed by atoms with Gasteiger partial charge < -0.3 is 4.90 Å². The molecule has 0 aromatic heterocycles. The lowest BCUT2D eigenvalue weighted by Crippen LogP contribution is -2.38. The molecule has 0 aliphatic rings. The fourth-order valence-electron chi connectivity index (χ4n) is 1.20. The second-order valence-corrected chi connectivity index (χ2v) is 4.83. The van der Waals surface area contributed by atoms with Crippen molar-refractivity contribution in [2.24, 2.45) is 11.3 Å². The fraction of sp³-hybridized carbons (Fsp3) is 0.900. The number of carbonyl (C=O) groups excluding carboxylic acids is 1. The lowest BCUT2D eigenvalue weighted by molar-refractivity contribution is -0.138. The summed E-state index contributed by atoms with van der Waals surface area (Å²) >= 11 is 0. The summed E-state index contributed by atoms with van der Waals surface area (Å²) in [5.41, 5.74) is -0.246. The highest BCUT2D eigenvalue weighted by atomic mass is 16.2. The number of carbonyl (C=O) groups is 1. The molecule has 0 aromatic carbocycles. The fourth-order valence-corrected chi connectivity index (χ4v) is 1.20. The van der Waals surface area contributed by atoms with Crippen molar-refractivity contribution in [3.8, 4) is 0 Å². The predicted molar refractivity (Wildman–Crippen MR) is 51.9 cm³/mol. The summed E-state index contributed by atoms with van der Waals surface area (Å²) in [6, 6.07) is 0. The van der Waals surface area contributed by atoms with Crippen LogP contribution >= 0.6 is 0 Å². The molecular weight excluding hydrogens is 150 g/mol. The standard InChI is InChI=1S/C10H21NO/c1-8(2)7-11(6)9(12)10(3,4)5/h8H,7H2,1-6H3. The van der Waals surface area contributed by atoms with E-state index in [-0.39, 0.29) is 11.3 Å². The predicted octanol–water partition coefficient (Wildman–Crippen LogP) is 2.15. The molecule has 0 atom stereocenters. The summed E-state index contributed by atoms with van der Waals surface area (Å²) in [5, 5.41) is 0. The Morgan fingerprint density at radius 3 is 2.00 bits per heavy atom. The van der Waals surface area contributed by atoms with Gasteiger partial charge in [-0.15, -0.1) is 0 Å². The highest BCUT2D eigenvalue weighted by Gasteiger charge is 2.24. The zero-order valence-corrected chi connectivity index (χ0v) is 9.14. The van der Waals surface area contributed by atoms with E-state index >= 15 is 0 Å². The largest absolute Gasteiger partial charge is 0.345 e. The quantitative estimate of drug-likeness (QED) is 0.623. The maximum Gasteiger partial charge on any atom is 0.227 e. The van der Waals surface area contributed by atoms with Gasteiger partial charge >= 0.3 is 0 Å². The van der Waals surface area contributed by atoms with Crippen molar-refractivity contribution < 1.29 is 4.79 Å². The van der Waals surface area contributed by atoms with Crippen LogP contribution in [-0.4, -0.2) is 24.4 Å². The lowest BCUT2D eigenvalue weighted by atomic mass is 9.94. The van der Waals surface area contributed by atoms with Gasteiger partial charge in [0, 0.05) is 19.0 Å². The number of hydrogen-bond donors (Lipinski definition) is 0. The Balaban J connectivity index is 4.12. The van der Waals surface area contributed by atoms with Crippen molar-refractivity contribution in [2.45, 2.75) is 34.6 Å². The van der Waals surface area contributed by atoms with Crippen molar-refractivity contribution >= 4 is 5.91 Å². The van der Waals surface area contributed by atoms with Crippen LogP contribution in [0.1, 0.15) is 34.6 Å². The van der Waals surface area contributed by atoms with Gasteiger partial charge in [-0.05, 0) is 5.92 Å². The van der Waals surface area contributed by atoms with Crippen LogP contribution in [-0.2, 0) is 4.79 Å². The molecule has 72 valence electrons. The SMILES string of the molecule is CC(C)CN(C)C(=O)C(C)(C)C. The normalized spacial score (nSPS) is 11.9. The zero-order chi connectivity index (χ0) is 9.94. The van der Waals surface area contributed by atoms with E-state index in [9.17, 15) is 4.79 Å². The van der Waals surface area contributed by atoms with E-state index in [0.717, 1.165) is 6.54 Å². The van der Waals surface area contributed by atoms with Gasteiger partial charge in [0.05, 0.1) is 0 Å². The number of hydrogen-bond acceptors (Lipinski definition) is 1. The molecule has 0 bridgehead atoms. The van der Waals surface area contributed by atoms with Crippen LogP contribution < -0.4 is 0 Å². The number of rotatable bonds is 2. The minimum atomic E-state index is -0.246. The highest BCUT2D eigenvalue weighted by Crippen LogP contribution is 2.16. The van der Waals surface area contributed by atoms with Crippen molar-refractivity contribution in [1.29, 1.82) is 0 Å². The molecule has 0 rings (SSSR count). The Hall–Kier alpha value is -0.530. The second kappa shape index (κ2) is 3.92. The van der Waals surface area contributed by atoms with Crippen LogP contribution in [0.2, 0.25) is 0 Å². The average Bonchev–Trinajstić information content (AvgIpc) is 1.82. The Morgan fingerprint density at radius 2 is 1.75 bits per heavy atom. The molecule has 2 heteroatoms. The molecule has 0 unspecified atom stereocenters. The summed E-state index contributed by atoms with van der Waals surface area (Å²) in [7, 11) is 1.87. The van der Waals surface area contributed by atoms with Gasteiger partial charge in [-0.1, -0.05) is 34.6 Å². The Morgan fingerprint density at radius 1 is 1.33 bits per heavy atom. The Kier molecular flexibility index (Phi) is 3.75. The van der Waals surface area contributed by atoms with Gasteiger partial charge in [0.1, 0.15) is 0 Å². The van der Waals surface area contributed by atoms with E-state index in [1.807, 2.05) is 32.7 Å². The van der Waals surface area contributed by atoms with Gasteiger partial charge in [0.25, 0.3) is 0 Å². The monoisotopic (exact) mass is 171 g/mol. The summed E-state index contributed by atoms with van der Waals surface area (Å²) in [4.78, 5) is 13.4. The topological polar surface area (TPSA) is 20.3 Å². The minimum absolute atomic E-state index is 0.219. The third-order valence-corrected chi connectivity index (χ3v) is 1.63. The minimum Gasteiger partial charge on any atom is -0.345 e. The zero-order valence-electron chi connectivity index (χ0n) is 9.14. The highest BCUT2D eigenvalue weighted by molar-refractivity contribution is 5.81. The van der Waals surface area contributed by atoms with Gasteiger partial charge in [-0.3, -0.25) is 4.79 Å². The maximum atomic E-state index is 11.6. The molecule has 0 spiro atoms. The summed E-state index contributed by atoms with van der Waals surface area (Å²) in [6.45, 7) is 10.9. The first kappa shape index (κ1) is 11.5. The summed E-state index contributed by atoms with van der Waals surface area (Å²) in [5.74, 6) is 0.762. The Bertz CT molecular complexity index is 156. The third kappa shape index (κ3) is 3.74. The first-order valence-electron chi connectivity index (χ1n) is 4.50. The van der Waals surface area contributed by atoms with Crippen LogP contribution in [0.4, 0.5) is 0 Å². The second-order valence-electron chi connectivity index (χ2n) is 4.83. The van der Waals surface area contributed by atoms with Crippen LogP contribution in [0.15, 0.2) is 0 Å². The van der Waals surface area contributed by atoms with Crippen LogP contribution in [0.3, 0.4) is 0 Å². The van der Waals surface area contributed by atoms with Crippen molar-refractivity contribution in [2.75, 3.05) is 13.6 Å². The molecule has 0 heterocycles. The van der Waals surface area contributed by atoms with Gasteiger partial charge in [0.15, 0.2) is 0 Å². The molecule has 2 nitrogen and oxygen atoms in total. The van der Waals surface area contributed by atoms with E-state index in [1.54, 1.807) is 0 Å². The first-order chi connectivity index (χ1) is 5.25. The molecule has 0 fully saturated rings. The maximum absolute atomic E-state index is 11.6. The van der Waals surface area contributed by atoms with Gasteiger partial charge in [-0.25, -0.2) is 0 Å². The molecule has 12 heavy (non-hydrogen) atoms. The molecule has 0 aromatic rings. The molecule has 0 aliphatic carbocycles. The van der Waals surface area contributed by atoms with Crippen LogP contribution in [0.5, 0.6) is 0 Å². The number of nitrogens with zero attached hydrogens (tertiary/aromatic N) is 1. The molecule has 0 N–H and O–H groups in total. The first-order valence-corrected chi connectivity index (χ1v) is 4.50. The van der Waals surface area contributed by atoms with Crippen molar-refractivity contribution in [1.82, 2.24) is 4.90 Å². The van der Waals surface area contributed by atoms with E-state index < -0.39 is 0 Å². The van der Waals surface area contributed by atoms with Crippen LogP contribution in [0.25, 0.3) is 0 Å². The molecule has 0 radical (unpaired) electrons. The van der Waals surface area contributed by atoms with Crippen LogP contribution in [0, 0.1) is 11.3 Å².